The van der Waals surface area contributed by atoms with Gasteiger partial charge in [-0.3, -0.25) is 4.79 Å². The van der Waals surface area contributed by atoms with Crippen LogP contribution in [-0.2, 0) is 0 Å². The van der Waals surface area contributed by atoms with Crippen LogP contribution in [0.4, 0.5) is 26.3 Å². The van der Waals surface area contributed by atoms with Crippen molar-refractivity contribution < 1.29 is 31.1 Å². The monoisotopic (exact) mass is 329 g/mol. The Balaban J connectivity index is 2.54. The molecule has 0 aliphatic heterocycles. The van der Waals surface area contributed by atoms with E-state index in [1.165, 1.54) is 18.2 Å². The summed E-state index contributed by atoms with van der Waals surface area (Å²) in [6.07, 6.45) is -10.6. The average molecular weight is 330 g/mol. The molecule has 0 fully saturated rings. The molecule has 0 saturated carbocycles. The van der Waals surface area contributed by atoms with E-state index < -0.39 is 29.6 Å². The van der Waals surface area contributed by atoms with Gasteiger partial charge in [0.05, 0.1) is 0 Å². The zero-order valence-electron chi connectivity index (χ0n) is 9.94. The highest BCUT2D eigenvalue weighted by Crippen LogP contribution is 2.42. The molecule has 1 heterocycles. The minimum absolute atomic E-state index is 0.0529. The van der Waals surface area contributed by atoms with Crippen LogP contribution in [0.2, 0.25) is 5.02 Å². The van der Waals surface area contributed by atoms with Crippen molar-refractivity contribution in [2.75, 3.05) is 0 Å². The summed E-state index contributed by atoms with van der Waals surface area (Å²) >= 11 is 5.65. The summed E-state index contributed by atoms with van der Waals surface area (Å²) in [5.41, 5.74) is -0.504. The van der Waals surface area contributed by atoms with E-state index in [4.69, 9.17) is 11.6 Å². The van der Waals surface area contributed by atoms with Crippen LogP contribution in [0, 0.1) is 5.92 Å². The molecule has 0 aliphatic carbocycles. The molecule has 0 bridgehead atoms. The average Bonchev–Trinajstić information content (AvgIpc) is 2.67. The van der Waals surface area contributed by atoms with Crippen molar-refractivity contribution in [1.29, 1.82) is 0 Å². The largest absolute Gasteiger partial charge is 0.407 e. The number of carbonyl (C=O) groups excluding carboxylic acids is 1. The molecule has 0 saturated heterocycles. The molecule has 0 unspecified atom stereocenters. The predicted molar refractivity (Wildman–Crippen MR) is 63.2 cm³/mol. The number of rotatable bonds is 2. The number of aromatic nitrogens is 1. The van der Waals surface area contributed by atoms with Gasteiger partial charge in [0.25, 0.3) is 0 Å². The van der Waals surface area contributed by atoms with E-state index in [0.717, 1.165) is 6.20 Å². The van der Waals surface area contributed by atoms with Gasteiger partial charge in [0.2, 0.25) is 5.92 Å². The molecular weight excluding hydrogens is 324 g/mol. The summed E-state index contributed by atoms with van der Waals surface area (Å²) in [6, 6.07) is 3.75. The lowest BCUT2D eigenvalue weighted by Gasteiger charge is -2.21. The van der Waals surface area contributed by atoms with Gasteiger partial charge >= 0.3 is 12.4 Å². The fraction of sp³-hybridized carbons (Fsp3) is 0.250. The first-order valence-corrected chi connectivity index (χ1v) is 5.84. The first-order chi connectivity index (χ1) is 9.51. The van der Waals surface area contributed by atoms with Crippen LogP contribution in [0.3, 0.4) is 0 Å². The molecule has 1 aromatic carbocycles. The summed E-state index contributed by atoms with van der Waals surface area (Å²) in [7, 11) is 0. The van der Waals surface area contributed by atoms with E-state index in [2.05, 4.69) is 4.98 Å². The molecule has 2 aromatic rings. The van der Waals surface area contributed by atoms with E-state index in [-0.39, 0.29) is 15.9 Å². The van der Waals surface area contributed by atoms with Crippen LogP contribution in [0.5, 0.6) is 0 Å². The second kappa shape index (κ2) is 4.94. The van der Waals surface area contributed by atoms with Crippen molar-refractivity contribution in [2.45, 2.75) is 12.4 Å². The van der Waals surface area contributed by atoms with Gasteiger partial charge in [0, 0.05) is 27.7 Å². The van der Waals surface area contributed by atoms with E-state index in [1.807, 2.05) is 0 Å². The van der Waals surface area contributed by atoms with Crippen LogP contribution in [-0.4, -0.2) is 23.1 Å². The summed E-state index contributed by atoms with van der Waals surface area (Å²) in [4.78, 5) is 14.1. The van der Waals surface area contributed by atoms with Gasteiger partial charge in [0.15, 0.2) is 5.78 Å². The molecule has 0 spiro atoms. The first-order valence-electron chi connectivity index (χ1n) is 5.46. The van der Waals surface area contributed by atoms with Crippen molar-refractivity contribution in [3.05, 3.63) is 35.0 Å². The molecule has 0 aliphatic rings. The van der Waals surface area contributed by atoms with E-state index >= 15 is 0 Å². The van der Waals surface area contributed by atoms with Crippen molar-refractivity contribution in [2.24, 2.45) is 5.92 Å². The summed E-state index contributed by atoms with van der Waals surface area (Å²) < 4.78 is 75.3. The fourth-order valence-electron chi connectivity index (χ4n) is 1.94. The van der Waals surface area contributed by atoms with Gasteiger partial charge in [0.1, 0.15) is 0 Å². The standard InChI is InChI=1S/C12H6ClF6NO/c13-5-1-2-6-7(4-20-8(6)3-5)9(21)10(11(14,15)16)12(17,18)19/h1-4,10,20H. The molecule has 9 heteroatoms. The first kappa shape index (κ1) is 15.7. The normalized spacial score (nSPS) is 13.1. The van der Waals surface area contributed by atoms with Crippen molar-refractivity contribution >= 4 is 28.3 Å². The third-order valence-electron chi connectivity index (χ3n) is 2.83. The van der Waals surface area contributed by atoms with Crippen molar-refractivity contribution in [1.82, 2.24) is 4.98 Å². The fourth-order valence-corrected chi connectivity index (χ4v) is 2.11. The molecule has 0 atom stereocenters. The molecule has 0 radical (unpaired) electrons. The number of H-pyrrole nitrogens is 1. The van der Waals surface area contributed by atoms with Gasteiger partial charge < -0.3 is 4.98 Å². The molecule has 0 amide bonds. The molecule has 1 N–H and O–H groups in total. The van der Waals surface area contributed by atoms with Crippen LogP contribution >= 0.6 is 11.6 Å². The Morgan fingerprint density at radius 1 is 1.10 bits per heavy atom. The maximum atomic E-state index is 12.6. The topological polar surface area (TPSA) is 32.9 Å². The Kier molecular flexibility index (Phi) is 3.69. The summed E-state index contributed by atoms with van der Waals surface area (Å²) in [6.45, 7) is 0. The van der Waals surface area contributed by atoms with E-state index in [0.29, 0.717) is 0 Å². The van der Waals surface area contributed by atoms with Crippen molar-refractivity contribution in [3.63, 3.8) is 0 Å². The third kappa shape index (κ3) is 2.99. The Morgan fingerprint density at radius 3 is 2.19 bits per heavy atom. The van der Waals surface area contributed by atoms with Crippen LogP contribution < -0.4 is 0 Å². The summed E-state index contributed by atoms with van der Waals surface area (Å²) in [5, 5.41) is 0.175. The Labute approximate surface area is 118 Å². The number of halogens is 7. The lowest BCUT2D eigenvalue weighted by molar-refractivity contribution is -0.264. The van der Waals surface area contributed by atoms with Crippen LogP contribution in [0.15, 0.2) is 24.4 Å². The van der Waals surface area contributed by atoms with Crippen LogP contribution in [0.1, 0.15) is 10.4 Å². The molecular formula is C12H6ClF6NO. The highest BCUT2D eigenvalue weighted by Gasteiger charge is 2.61. The number of nitrogens with one attached hydrogen (secondary N) is 1. The summed E-state index contributed by atoms with van der Waals surface area (Å²) in [5.74, 6) is -6.11. The molecule has 21 heavy (non-hydrogen) atoms. The smallest absolute Gasteiger partial charge is 0.360 e. The number of alkyl halides is 6. The van der Waals surface area contributed by atoms with E-state index in [9.17, 15) is 31.1 Å². The van der Waals surface area contributed by atoms with Gasteiger partial charge in [-0.15, -0.1) is 0 Å². The van der Waals surface area contributed by atoms with Gasteiger partial charge in [-0.2, -0.15) is 26.3 Å². The molecule has 1 aromatic heterocycles. The van der Waals surface area contributed by atoms with Gasteiger partial charge in [-0.05, 0) is 12.1 Å². The number of fused-ring (bicyclic) bond motifs is 1. The number of carbonyl (C=O) groups is 1. The molecule has 2 rings (SSSR count). The Hall–Kier alpha value is -1.70. The number of hydrogen-bond donors (Lipinski definition) is 1. The quantitative estimate of drug-likeness (QED) is 0.626. The highest BCUT2D eigenvalue weighted by molar-refractivity contribution is 6.31. The number of Topliss-reactive ketones (excluding diaryl/α,β-unsaturated/α-hetero) is 1. The molecule has 114 valence electrons. The minimum Gasteiger partial charge on any atom is -0.360 e. The van der Waals surface area contributed by atoms with Crippen LogP contribution in [0.25, 0.3) is 10.9 Å². The third-order valence-corrected chi connectivity index (χ3v) is 3.06. The predicted octanol–water partition coefficient (Wildman–Crippen LogP) is 4.74. The van der Waals surface area contributed by atoms with Crippen molar-refractivity contribution in [3.8, 4) is 0 Å². The van der Waals surface area contributed by atoms with Gasteiger partial charge in [-0.1, -0.05) is 17.7 Å². The Bertz CT molecular complexity index is 673. The number of ketones is 1. The number of aromatic amines is 1. The van der Waals surface area contributed by atoms with Gasteiger partial charge in [-0.25, -0.2) is 0 Å². The maximum Gasteiger partial charge on any atom is 0.407 e. The SMILES string of the molecule is O=C(c1c[nH]c2cc(Cl)ccc12)C(C(F)(F)F)C(F)(F)F. The highest BCUT2D eigenvalue weighted by atomic mass is 35.5. The lowest BCUT2D eigenvalue weighted by atomic mass is 9.96. The number of benzene rings is 1. The maximum absolute atomic E-state index is 12.6. The zero-order valence-corrected chi connectivity index (χ0v) is 10.7. The Morgan fingerprint density at radius 2 is 1.67 bits per heavy atom. The zero-order chi connectivity index (χ0) is 16.0. The van der Waals surface area contributed by atoms with E-state index in [1.54, 1.807) is 0 Å². The lowest BCUT2D eigenvalue weighted by Crippen LogP contribution is -2.42. The second-order valence-corrected chi connectivity index (χ2v) is 4.71. The minimum atomic E-state index is -5.72. The second-order valence-electron chi connectivity index (χ2n) is 4.27. The number of hydrogen-bond acceptors (Lipinski definition) is 1. The molecule has 2 nitrogen and oxygen atoms in total.